The predicted octanol–water partition coefficient (Wildman–Crippen LogP) is 3.47. The van der Waals surface area contributed by atoms with Crippen LogP contribution in [0.1, 0.15) is 40.5 Å². The summed E-state index contributed by atoms with van der Waals surface area (Å²) in [5, 5.41) is 2.74. The Kier molecular flexibility index (Phi) is 6.91. The Labute approximate surface area is 152 Å². The standard InChI is InChI=1S/C20H21NO5/c1-3-6-19(23)21-15-11-9-14(10-12-15)17(22)13-26-20(24)16-7-4-5-8-18(16)25-2/h4-5,7-12H,3,6,13H2,1-2H3,(H,21,23). The zero-order valence-electron chi connectivity index (χ0n) is 14.8. The molecule has 0 aliphatic carbocycles. The highest BCUT2D eigenvalue weighted by molar-refractivity contribution is 6.00. The third kappa shape index (κ3) is 5.17. The predicted molar refractivity (Wildman–Crippen MR) is 97.6 cm³/mol. The van der Waals surface area contributed by atoms with Crippen molar-refractivity contribution in [3.8, 4) is 5.75 Å². The Morgan fingerprint density at radius 3 is 2.35 bits per heavy atom. The number of amides is 1. The average molecular weight is 355 g/mol. The Morgan fingerprint density at radius 2 is 1.69 bits per heavy atom. The van der Waals surface area contributed by atoms with Crippen LogP contribution in [-0.4, -0.2) is 31.4 Å². The van der Waals surface area contributed by atoms with Crippen molar-refractivity contribution in [3.63, 3.8) is 0 Å². The van der Waals surface area contributed by atoms with Crippen LogP contribution in [0.15, 0.2) is 48.5 Å². The maximum Gasteiger partial charge on any atom is 0.342 e. The van der Waals surface area contributed by atoms with Gasteiger partial charge < -0.3 is 14.8 Å². The molecule has 0 saturated carbocycles. The highest BCUT2D eigenvalue weighted by atomic mass is 16.5. The third-order valence-electron chi connectivity index (χ3n) is 3.63. The number of methoxy groups -OCH3 is 1. The van der Waals surface area contributed by atoms with Gasteiger partial charge in [0.05, 0.1) is 7.11 Å². The molecule has 1 N–H and O–H groups in total. The van der Waals surface area contributed by atoms with Gasteiger partial charge in [-0.15, -0.1) is 0 Å². The molecule has 6 heteroatoms. The molecule has 0 unspecified atom stereocenters. The molecular weight excluding hydrogens is 334 g/mol. The molecule has 0 radical (unpaired) electrons. The molecule has 2 aromatic rings. The second-order valence-corrected chi connectivity index (χ2v) is 5.58. The van der Waals surface area contributed by atoms with E-state index in [1.54, 1.807) is 48.5 Å². The van der Waals surface area contributed by atoms with Crippen molar-refractivity contribution in [2.24, 2.45) is 0 Å². The zero-order chi connectivity index (χ0) is 18.9. The lowest BCUT2D eigenvalue weighted by atomic mass is 10.1. The molecule has 0 fully saturated rings. The SMILES string of the molecule is CCCC(=O)Nc1ccc(C(=O)COC(=O)c2ccccc2OC)cc1. The van der Waals surface area contributed by atoms with E-state index in [1.165, 1.54) is 7.11 Å². The molecule has 0 bridgehead atoms. The zero-order valence-corrected chi connectivity index (χ0v) is 14.8. The fraction of sp³-hybridized carbons (Fsp3) is 0.250. The van der Waals surface area contributed by atoms with Gasteiger partial charge in [0.1, 0.15) is 11.3 Å². The monoisotopic (exact) mass is 355 g/mol. The van der Waals surface area contributed by atoms with Crippen LogP contribution in [-0.2, 0) is 9.53 Å². The highest BCUT2D eigenvalue weighted by Gasteiger charge is 2.15. The van der Waals surface area contributed by atoms with E-state index in [0.29, 0.717) is 23.4 Å². The van der Waals surface area contributed by atoms with Crippen LogP contribution in [0.2, 0.25) is 0 Å². The van der Waals surface area contributed by atoms with Crippen molar-refractivity contribution in [1.82, 2.24) is 0 Å². The summed E-state index contributed by atoms with van der Waals surface area (Å²) in [6, 6.07) is 13.1. The number of para-hydroxylation sites is 1. The lowest BCUT2D eigenvalue weighted by Crippen LogP contribution is -2.15. The summed E-state index contributed by atoms with van der Waals surface area (Å²) < 4.78 is 10.2. The Hall–Kier alpha value is -3.15. The largest absolute Gasteiger partial charge is 0.496 e. The number of anilines is 1. The number of benzene rings is 2. The molecule has 0 saturated heterocycles. The summed E-state index contributed by atoms with van der Waals surface area (Å²) in [6.45, 7) is 1.55. The van der Waals surface area contributed by atoms with Crippen molar-refractivity contribution in [2.75, 3.05) is 19.0 Å². The first-order valence-corrected chi connectivity index (χ1v) is 8.28. The number of hydrogen-bond acceptors (Lipinski definition) is 5. The lowest BCUT2D eigenvalue weighted by Gasteiger charge is -2.09. The van der Waals surface area contributed by atoms with E-state index in [-0.39, 0.29) is 23.9 Å². The van der Waals surface area contributed by atoms with E-state index < -0.39 is 5.97 Å². The second kappa shape index (κ2) is 9.36. The maximum absolute atomic E-state index is 12.2. The molecule has 136 valence electrons. The smallest absolute Gasteiger partial charge is 0.342 e. The first-order chi connectivity index (χ1) is 12.5. The van der Waals surface area contributed by atoms with Gasteiger partial charge in [-0.05, 0) is 42.8 Å². The Bertz CT molecular complexity index is 783. The van der Waals surface area contributed by atoms with Crippen LogP contribution in [0.5, 0.6) is 5.75 Å². The molecule has 26 heavy (non-hydrogen) atoms. The lowest BCUT2D eigenvalue weighted by molar-refractivity contribution is -0.116. The number of esters is 1. The summed E-state index contributed by atoms with van der Waals surface area (Å²) in [5.41, 5.74) is 1.27. The number of Topliss-reactive ketones (excluding diaryl/α,β-unsaturated/α-hetero) is 1. The molecule has 0 heterocycles. The summed E-state index contributed by atoms with van der Waals surface area (Å²) in [7, 11) is 1.46. The van der Waals surface area contributed by atoms with Gasteiger partial charge in [0.25, 0.3) is 0 Å². The van der Waals surface area contributed by atoms with Crippen molar-refractivity contribution >= 4 is 23.3 Å². The van der Waals surface area contributed by atoms with Gasteiger partial charge >= 0.3 is 5.97 Å². The van der Waals surface area contributed by atoms with Crippen LogP contribution in [0, 0.1) is 0 Å². The van der Waals surface area contributed by atoms with Crippen LogP contribution < -0.4 is 10.1 Å². The maximum atomic E-state index is 12.2. The number of nitrogens with one attached hydrogen (secondary N) is 1. The number of rotatable bonds is 8. The molecule has 0 aliphatic heterocycles. The van der Waals surface area contributed by atoms with E-state index >= 15 is 0 Å². The summed E-state index contributed by atoms with van der Waals surface area (Å²) in [6.07, 6.45) is 1.21. The minimum Gasteiger partial charge on any atom is -0.496 e. The van der Waals surface area contributed by atoms with E-state index in [4.69, 9.17) is 9.47 Å². The molecule has 2 aromatic carbocycles. The Balaban J connectivity index is 1.93. The molecule has 2 rings (SSSR count). The van der Waals surface area contributed by atoms with Gasteiger partial charge in [0.2, 0.25) is 5.91 Å². The molecule has 1 amide bonds. The van der Waals surface area contributed by atoms with Crippen LogP contribution in [0.25, 0.3) is 0 Å². The van der Waals surface area contributed by atoms with E-state index in [1.807, 2.05) is 6.92 Å². The fourth-order valence-corrected chi connectivity index (χ4v) is 2.30. The van der Waals surface area contributed by atoms with Crippen molar-refractivity contribution in [1.29, 1.82) is 0 Å². The number of ether oxygens (including phenoxy) is 2. The molecule has 0 atom stereocenters. The quantitative estimate of drug-likeness (QED) is 0.579. The van der Waals surface area contributed by atoms with Gasteiger partial charge in [-0.1, -0.05) is 19.1 Å². The van der Waals surface area contributed by atoms with Gasteiger partial charge in [-0.2, -0.15) is 0 Å². The molecular formula is C20H21NO5. The average Bonchev–Trinajstić information content (AvgIpc) is 2.66. The first-order valence-electron chi connectivity index (χ1n) is 8.28. The van der Waals surface area contributed by atoms with Gasteiger partial charge in [0.15, 0.2) is 12.4 Å². The number of ketones is 1. The molecule has 0 spiro atoms. The van der Waals surface area contributed by atoms with Crippen molar-refractivity contribution < 1.29 is 23.9 Å². The van der Waals surface area contributed by atoms with Crippen LogP contribution >= 0.6 is 0 Å². The molecule has 6 nitrogen and oxygen atoms in total. The third-order valence-corrected chi connectivity index (χ3v) is 3.63. The van der Waals surface area contributed by atoms with Gasteiger partial charge in [0, 0.05) is 17.7 Å². The van der Waals surface area contributed by atoms with E-state index in [2.05, 4.69) is 5.32 Å². The summed E-state index contributed by atoms with van der Waals surface area (Å²) in [4.78, 5) is 35.8. The fourth-order valence-electron chi connectivity index (χ4n) is 2.30. The van der Waals surface area contributed by atoms with Crippen LogP contribution in [0.4, 0.5) is 5.69 Å². The second-order valence-electron chi connectivity index (χ2n) is 5.58. The van der Waals surface area contributed by atoms with Gasteiger partial charge in [-0.25, -0.2) is 4.79 Å². The molecule has 0 aliphatic rings. The minimum absolute atomic E-state index is 0.0719. The van der Waals surface area contributed by atoms with E-state index in [0.717, 1.165) is 6.42 Å². The molecule has 0 aromatic heterocycles. The van der Waals surface area contributed by atoms with E-state index in [9.17, 15) is 14.4 Å². The number of carbonyl (C=O) groups excluding carboxylic acids is 3. The first kappa shape index (κ1) is 19.2. The Morgan fingerprint density at radius 1 is 1.00 bits per heavy atom. The van der Waals surface area contributed by atoms with Crippen LogP contribution in [0.3, 0.4) is 0 Å². The van der Waals surface area contributed by atoms with Crippen molar-refractivity contribution in [3.05, 3.63) is 59.7 Å². The normalized spacial score (nSPS) is 10.1. The summed E-state index contributed by atoms with van der Waals surface area (Å²) >= 11 is 0. The summed E-state index contributed by atoms with van der Waals surface area (Å²) in [5.74, 6) is -0.645. The van der Waals surface area contributed by atoms with Gasteiger partial charge in [-0.3, -0.25) is 9.59 Å². The van der Waals surface area contributed by atoms with Crippen molar-refractivity contribution in [2.45, 2.75) is 19.8 Å². The minimum atomic E-state index is -0.626. The number of carbonyl (C=O) groups is 3. The topological polar surface area (TPSA) is 81.7 Å². The highest BCUT2D eigenvalue weighted by Crippen LogP contribution is 2.18. The number of hydrogen-bond donors (Lipinski definition) is 1.